The molecule has 3 rings (SSSR count). The van der Waals surface area contributed by atoms with Gasteiger partial charge in [0.15, 0.2) is 0 Å². The normalized spacial score (nSPS) is 21.0. The van der Waals surface area contributed by atoms with Crippen molar-refractivity contribution in [1.82, 2.24) is 4.90 Å². The van der Waals surface area contributed by atoms with Gasteiger partial charge in [-0.15, -0.1) is 0 Å². The molecular formula is C19H21NO3. The van der Waals surface area contributed by atoms with Crippen molar-refractivity contribution in [2.75, 3.05) is 13.1 Å². The predicted molar refractivity (Wildman–Crippen MR) is 88.0 cm³/mol. The Morgan fingerprint density at radius 2 is 1.74 bits per heavy atom. The van der Waals surface area contributed by atoms with Crippen LogP contribution in [0.25, 0.3) is 0 Å². The molecule has 2 atom stereocenters. The Balaban J connectivity index is 1.60. The first-order chi connectivity index (χ1) is 11.2. The summed E-state index contributed by atoms with van der Waals surface area (Å²) in [6, 6.07) is 19.5. The lowest BCUT2D eigenvalue weighted by Gasteiger charge is -2.35. The Morgan fingerprint density at radius 3 is 2.43 bits per heavy atom. The molecule has 2 aromatic rings. The van der Waals surface area contributed by atoms with E-state index in [1.54, 1.807) is 4.90 Å². The fourth-order valence-electron chi connectivity index (χ4n) is 2.94. The summed E-state index contributed by atoms with van der Waals surface area (Å²) in [4.78, 5) is 14.0. The first kappa shape index (κ1) is 15.6. The molecule has 2 aromatic carbocycles. The topological polar surface area (TPSA) is 49.8 Å². The van der Waals surface area contributed by atoms with Gasteiger partial charge in [0, 0.05) is 19.0 Å². The van der Waals surface area contributed by atoms with Crippen LogP contribution in [0.3, 0.4) is 0 Å². The van der Waals surface area contributed by atoms with Gasteiger partial charge in [-0.25, -0.2) is 4.79 Å². The van der Waals surface area contributed by atoms with Crippen LogP contribution < -0.4 is 0 Å². The average molecular weight is 311 g/mol. The Kier molecular flexibility index (Phi) is 4.93. The quantitative estimate of drug-likeness (QED) is 0.947. The summed E-state index contributed by atoms with van der Waals surface area (Å²) in [5.41, 5.74) is 2.03. The van der Waals surface area contributed by atoms with Crippen molar-refractivity contribution >= 4 is 6.09 Å². The standard InChI is InChI=1S/C19H21NO3/c21-18-11-12-20(13-17(18)16-9-5-2-6-10-16)19(22)23-14-15-7-3-1-4-8-15/h1-10,17-18,21H,11-14H2/t17-,18+/m1/s1. The van der Waals surface area contributed by atoms with E-state index in [1.165, 1.54) is 0 Å². The minimum Gasteiger partial charge on any atom is -0.445 e. The number of piperidine rings is 1. The molecule has 1 fully saturated rings. The lowest BCUT2D eigenvalue weighted by atomic mass is 9.88. The maximum atomic E-state index is 12.3. The molecule has 1 heterocycles. The van der Waals surface area contributed by atoms with E-state index in [0.717, 1.165) is 11.1 Å². The number of rotatable bonds is 3. The van der Waals surface area contributed by atoms with Gasteiger partial charge in [0.05, 0.1) is 6.10 Å². The number of nitrogens with zero attached hydrogens (tertiary/aromatic N) is 1. The highest BCUT2D eigenvalue weighted by atomic mass is 16.6. The molecule has 1 amide bonds. The lowest BCUT2D eigenvalue weighted by molar-refractivity contribution is 0.0424. The monoisotopic (exact) mass is 311 g/mol. The van der Waals surface area contributed by atoms with Crippen molar-refractivity contribution in [2.45, 2.75) is 25.0 Å². The molecule has 1 N–H and O–H groups in total. The van der Waals surface area contributed by atoms with Crippen LogP contribution in [-0.2, 0) is 11.3 Å². The zero-order valence-electron chi connectivity index (χ0n) is 13.0. The number of carbonyl (C=O) groups excluding carboxylic acids is 1. The maximum absolute atomic E-state index is 12.3. The van der Waals surface area contributed by atoms with E-state index in [4.69, 9.17) is 4.74 Å². The first-order valence-corrected chi connectivity index (χ1v) is 7.92. The van der Waals surface area contributed by atoms with Crippen LogP contribution in [0.1, 0.15) is 23.5 Å². The van der Waals surface area contributed by atoms with Gasteiger partial charge in [0.1, 0.15) is 6.61 Å². The van der Waals surface area contributed by atoms with Gasteiger partial charge in [-0.05, 0) is 17.5 Å². The Morgan fingerprint density at radius 1 is 1.09 bits per heavy atom. The summed E-state index contributed by atoms with van der Waals surface area (Å²) in [5.74, 6) is -0.0609. The second-order valence-corrected chi connectivity index (χ2v) is 5.86. The molecule has 0 spiro atoms. The summed E-state index contributed by atoms with van der Waals surface area (Å²) in [6.45, 7) is 1.28. The third-order valence-corrected chi connectivity index (χ3v) is 4.27. The predicted octanol–water partition coefficient (Wildman–Crippen LogP) is 3.17. The highest BCUT2D eigenvalue weighted by Crippen LogP contribution is 2.27. The number of amides is 1. The second-order valence-electron chi connectivity index (χ2n) is 5.86. The van der Waals surface area contributed by atoms with Crippen molar-refractivity contribution in [2.24, 2.45) is 0 Å². The Bertz CT molecular complexity index is 630. The summed E-state index contributed by atoms with van der Waals surface area (Å²) in [6.07, 6.45) is -0.169. The molecule has 4 nitrogen and oxygen atoms in total. The molecule has 120 valence electrons. The minimum atomic E-state index is -0.421. The zero-order valence-corrected chi connectivity index (χ0v) is 13.0. The van der Waals surface area contributed by atoms with Crippen molar-refractivity contribution in [3.05, 3.63) is 71.8 Å². The van der Waals surface area contributed by atoms with Gasteiger partial charge in [-0.1, -0.05) is 60.7 Å². The van der Waals surface area contributed by atoms with Crippen LogP contribution in [0, 0.1) is 0 Å². The molecular weight excluding hydrogens is 290 g/mol. The van der Waals surface area contributed by atoms with E-state index >= 15 is 0 Å². The van der Waals surface area contributed by atoms with Crippen molar-refractivity contribution in [3.63, 3.8) is 0 Å². The lowest BCUT2D eigenvalue weighted by Crippen LogP contribution is -2.45. The molecule has 1 aliphatic rings. The maximum Gasteiger partial charge on any atom is 0.410 e. The fraction of sp³-hybridized carbons (Fsp3) is 0.316. The Hall–Kier alpha value is -2.33. The minimum absolute atomic E-state index is 0.0609. The van der Waals surface area contributed by atoms with Crippen LogP contribution >= 0.6 is 0 Å². The van der Waals surface area contributed by atoms with Crippen molar-refractivity contribution < 1.29 is 14.6 Å². The number of benzene rings is 2. The fourth-order valence-corrected chi connectivity index (χ4v) is 2.94. The third kappa shape index (κ3) is 3.90. The molecule has 0 aliphatic carbocycles. The molecule has 0 bridgehead atoms. The molecule has 1 saturated heterocycles. The van der Waals surface area contributed by atoms with Crippen molar-refractivity contribution in [1.29, 1.82) is 0 Å². The number of likely N-dealkylation sites (tertiary alicyclic amines) is 1. The molecule has 23 heavy (non-hydrogen) atoms. The highest BCUT2D eigenvalue weighted by molar-refractivity contribution is 5.68. The van der Waals surface area contributed by atoms with E-state index in [2.05, 4.69) is 0 Å². The van der Waals surface area contributed by atoms with Crippen LogP contribution in [0.15, 0.2) is 60.7 Å². The van der Waals surface area contributed by atoms with Gasteiger partial charge in [0.2, 0.25) is 0 Å². The van der Waals surface area contributed by atoms with E-state index in [1.807, 2.05) is 60.7 Å². The van der Waals surface area contributed by atoms with Gasteiger partial charge in [0.25, 0.3) is 0 Å². The summed E-state index contributed by atoms with van der Waals surface area (Å²) in [5, 5.41) is 10.3. The van der Waals surface area contributed by atoms with Crippen LogP contribution in [0.5, 0.6) is 0 Å². The second kappa shape index (κ2) is 7.29. The SMILES string of the molecule is O=C(OCc1ccccc1)N1CC[C@H](O)[C@@H](c2ccccc2)C1. The molecule has 1 aliphatic heterocycles. The number of hydrogen-bond donors (Lipinski definition) is 1. The number of hydrogen-bond acceptors (Lipinski definition) is 3. The molecule has 0 radical (unpaired) electrons. The van der Waals surface area contributed by atoms with Crippen LogP contribution in [0.4, 0.5) is 4.79 Å². The number of aliphatic hydroxyl groups is 1. The third-order valence-electron chi connectivity index (χ3n) is 4.27. The van der Waals surface area contributed by atoms with E-state index in [9.17, 15) is 9.90 Å². The average Bonchev–Trinajstić information content (AvgIpc) is 2.62. The van der Waals surface area contributed by atoms with E-state index in [-0.39, 0.29) is 18.6 Å². The molecule has 0 aromatic heterocycles. The molecule has 0 unspecified atom stereocenters. The van der Waals surface area contributed by atoms with Crippen molar-refractivity contribution in [3.8, 4) is 0 Å². The number of ether oxygens (including phenoxy) is 1. The number of carbonyl (C=O) groups is 1. The van der Waals surface area contributed by atoms with Gasteiger partial charge >= 0.3 is 6.09 Å². The smallest absolute Gasteiger partial charge is 0.410 e. The first-order valence-electron chi connectivity index (χ1n) is 7.92. The highest BCUT2D eigenvalue weighted by Gasteiger charge is 2.31. The van der Waals surface area contributed by atoms with Gasteiger partial charge in [-0.2, -0.15) is 0 Å². The molecule has 4 heteroatoms. The van der Waals surface area contributed by atoms with Gasteiger partial charge < -0.3 is 14.7 Å². The van der Waals surface area contributed by atoms with Crippen LogP contribution in [-0.4, -0.2) is 35.3 Å². The largest absolute Gasteiger partial charge is 0.445 e. The van der Waals surface area contributed by atoms with E-state index < -0.39 is 6.10 Å². The van der Waals surface area contributed by atoms with Gasteiger partial charge in [-0.3, -0.25) is 0 Å². The summed E-state index contributed by atoms with van der Waals surface area (Å²) < 4.78 is 5.39. The zero-order chi connectivity index (χ0) is 16.1. The van der Waals surface area contributed by atoms with Crippen LogP contribution in [0.2, 0.25) is 0 Å². The number of aliphatic hydroxyl groups excluding tert-OH is 1. The molecule has 0 saturated carbocycles. The summed E-state index contributed by atoms with van der Waals surface area (Å²) in [7, 11) is 0. The van der Waals surface area contributed by atoms with E-state index in [0.29, 0.717) is 19.5 Å². The summed E-state index contributed by atoms with van der Waals surface area (Å²) >= 11 is 0. The Labute approximate surface area is 136 Å².